The van der Waals surface area contributed by atoms with Crippen molar-refractivity contribution in [3.05, 3.63) is 22.8 Å². The van der Waals surface area contributed by atoms with Crippen molar-refractivity contribution >= 4 is 6.29 Å². The minimum absolute atomic E-state index is 0.0152. The number of aliphatic hydroxyl groups excluding tert-OH is 1. The van der Waals surface area contributed by atoms with Crippen LogP contribution in [0, 0.1) is 46.3 Å². The molecule has 2 saturated carbocycles. The summed E-state index contributed by atoms with van der Waals surface area (Å²) in [5, 5.41) is 10.6. The topological polar surface area (TPSA) is 37.3 Å². The lowest BCUT2D eigenvalue weighted by Gasteiger charge is -2.58. The van der Waals surface area contributed by atoms with Gasteiger partial charge in [-0.25, -0.2) is 0 Å². The molecule has 0 radical (unpaired) electrons. The Labute approximate surface area is 191 Å². The van der Waals surface area contributed by atoms with Gasteiger partial charge in [0.1, 0.15) is 6.29 Å². The Morgan fingerprint density at radius 1 is 1.19 bits per heavy atom. The van der Waals surface area contributed by atoms with Crippen molar-refractivity contribution < 1.29 is 9.90 Å². The van der Waals surface area contributed by atoms with Gasteiger partial charge in [-0.05, 0) is 107 Å². The van der Waals surface area contributed by atoms with Crippen molar-refractivity contribution in [2.75, 3.05) is 0 Å². The van der Waals surface area contributed by atoms with Crippen molar-refractivity contribution in [1.29, 1.82) is 0 Å². The lowest BCUT2D eigenvalue weighted by Crippen LogP contribution is -2.53. The molecule has 0 aromatic heterocycles. The SMILES string of the molecule is CC(C)=CCC[C@@H](C)[C@H]1CC[C@H]2C3=C(CC[C@]12C)[C@@]1(C)C(C=O)C[C@H](O)[C@H](C)[C@@H]1CC3. The fourth-order valence-electron chi connectivity index (χ4n) is 9.00. The van der Waals surface area contributed by atoms with Gasteiger partial charge in [-0.1, -0.05) is 50.5 Å². The predicted molar refractivity (Wildman–Crippen MR) is 129 cm³/mol. The van der Waals surface area contributed by atoms with E-state index in [4.69, 9.17) is 0 Å². The highest BCUT2D eigenvalue weighted by Gasteiger charge is 2.59. The number of allylic oxidation sites excluding steroid dienone is 4. The minimum Gasteiger partial charge on any atom is -0.393 e. The van der Waals surface area contributed by atoms with E-state index in [1.807, 2.05) is 0 Å². The Hall–Kier alpha value is -0.890. The van der Waals surface area contributed by atoms with Crippen molar-refractivity contribution in [3.63, 3.8) is 0 Å². The van der Waals surface area contributed by atoms with E-state index < -0.39 is 0 Å². The van der Waals surface area contributed by atoms with Gasteiger partial charge in [-0.3, -0.25) is 0 Å². The van der Waals surface area contributed by atoms with Crippen LogP contribution in [0.1, 0.15) is 99.3 Å². The van der Waals surface area contributed by atoms with Gasteiger partial charge in [0.15, 0.2) is 0 Å². The molecule has 0 saturated heterocycles. The first kappa shape index (κ1) is 23.3. The zero-order valence-corrected chi connectivity index (χ0v) is 20.9. The Balaban J connectivity index is 1.62. The van der Waals surface area contributed by atoms with Crippen LogP contribution >= 0.6 is 0 Å². The first-order valence-electron chi connectivity index (χ1n) is 13.1. The van der Waals surface area contributed by atoms with Crippen LogP contribution in [0.25, 0.3) is 0 Å². The van der Waals surface area contributed by atoms with Gasteiger partial charge < -0.3 is 9.90 Å². The normalized spacial score (nSPS) is 45.4. The smallest absolute Gasteiger partial charge is 0.124 e. The van der Waals surface area contributed by atoms with Crippen molar-refractivity contribution in [2.45, 2.75) is 105 Å². The van der Waals surface area contributed by atoms with E-state index in [9.17, 15) is 9.90 Å². The van der Waals surface area contributed by atoms with Crippen molar-refractivity contribution in [3.8, 4) is 0 Å². The number of carbonyl (C=O) groups excluding carboxylic acids is 1. The summed E-state index contributed by atoms with van der Waals surface area (Å²) < 4.78 is 0. The Morgan fingerprint density at radius 3 is 2.61 bits per heavy atom. The Kier molecular flexibility index (Phi) is 6.36. The molecule has 0 bridgehead atoms. The summed E-state index contributed by atoms with van der Waals surface area (Å²) >= 11 is 0. The van der Waals surface area contributed by atoms with E-state index in [0.29, 0.717) is 23.7 Å². The van der Waals surface area contributed by atoms with Gasteiger partial charge in [0.2, 0.25) is 0 Å². The fraction of sp³-hybridized carbons (Fsp3) is 0.828. The minimum atomic E-state index is -0.318. The van der Waals surface area contributed by atoms with Gasteiger partial charge in [0.25, 0.3) is 0 Å². The highest BCUT2D eigenvalue weighted by molar-refractivity contribution is 5.58. The second-order valence-corrected chi connectivity index (χ2v) is 12.4. The lowest BCUT2D eigenvalue weighted by atomic mass is 9.46. The maximum Gasteiger partial charge on any atom is 0.124 e. The van der Waals surface area contributed by atoms with E-state index in [-0.39, 0.29) is 17.4 Å². The molecule has 9 atom stereocenters. The van der Waals surface area contributed by atoms with E-state index in [0.717, 1.165) is 24.2 Å². The van der Waals surface area contributed by atoms with Crippen molar-refractivity contribution in [2.24, 2.45) is 46.3 Å². The molecule has 2 nitrogen and oxygen atoms in total. The van der Waals surface area contributed by atoms with E-state index in [1.54, 1.807) is 11.1 Å². The molecular formula is C29H46O2. The van der Waals surface area contributed by atoms with Crippen LogP contribution in [-0.2, 0) is 4.79 Å². The molecule has 0 amide bonds. The average molecular weight is 427 g/mol. The Bertz CT molecular complexity index is 759. The summed E-state index contributed by atoms with van der Waals surface area (Å²) in [5.74, 6) is 3.08. The molecule has 2 fully saturated rings. The van der Waals surface area contributed by atoms with Gasteiger partial charge in [-0.15, -0.1) is 0 Å². The van der Waals surface area contributed by atoms with Crippen LogP contribution in [0.2, 0.25) is 0 Å². The molecule has 4 aliphatic carbocycles. The molecule has 2 heteroatoms. The fourth-order valence-corrected chi connectivity index (χ4v) is 9.00. The molecule has 4 rings (SSSR count). The van der Waals surface area contributed by atoms with E-state index in [1.165, 1.54) is 56.8 Å². The largest absolute Gasteiger partial charge is 0.393 e. The van der Waals surface area contributed by atoms with Crippen LogP contribution in [-0.4, -0.2) is 17.5 Å². The number of hydrogen-bond donors (Lipinski definition) is 1. The van der Waals surface area contributed by atoms with Gasteiger partial charge in [0.05, 0.1) is 6.10 Å². The summed E-state index contributed by atoms with van der Waals surface area (Å²) in [7, 11) is 0. The second-order valence-electron chi connectivity index (χ2n) is 12.4. The summed E-state index contributed by atoms with van der Waals surface area (Å²) in [5.41, 5.74) is 5.25. The van der Waals surface area contributed by atoms with Crippen molar-refractivity contribution in [1.82, 2.24) is 0 Å². The van der Waals surface area contributed by atoms with Crippen LogP contribution in [0.15, 0.2) is 22.8 Å². The van der Waals surface area contributed by atoms with Crippen LogP contribution in [0.5, 0.6) is 0 Å². The third-order valence-electron chi connectivity index (χ3n) is 10.8. The molecule has 31 heavy (non-hydrogen) atoms. The first-order valence-corrected chi connectivity index (χ1v) is 13.1. The number of fused-ring (bicyclic) bond motifs is 4. The standard InChI is InChI=1S/C29H46O2/c1-18(2)8-7-9-19(3)23-12-13-25-22-10-11-24-20(4)27(31)16-21(17-30)29(24,6)26(22)14-15-28(23,25)5/h8,17,19-21,23-25,27,31H,7,9-16H2,1-6H3/t19-,20-,21?,23-,24+,25+,27+,28-,29+/m1/s1. The maximum absolute atomic E-state index is 12.2. The third kappa shape index (κ3) is 3.60. The highest BCUT2D eigenvalue weighted by atomic mass is 16.3. The van der Waals surface area contributed by atoms with E-state index >= 15 is 0 Å². The summed E-state index contributed by atoms with van der Waals surface area (Å²) in [6, 6.07) is 0. The molecule has 1 N–H and O–H groups in total. The number of aldehydes is 1. The molecule has 4 aliphatic rings. The van der Waals surface area contributed by atoms with Crippen LogP contribution < -0.4 is 0 Å². The third-order valence-corrected chi connectivity index (χ3v) is 10.8. The number of carbonyl (C=O) groups is 1. The molecule has 1 unspecified atom stereocenters. The van der Waals surface area contributed by atoms with Gasteiger partial charge >= 0.3 is 0 Å². The summed E-state index contributed by atoms with van der Waals surface area (Å²) in [6.45, 7) is 14.2. The highest BCUT2D eigenvalue weighted by Crippen LogP contribution is 2.67. The average Bonchev–Trinajstić information content (AvgIpc) is 3.07. The van der Waals surface area contributed by atoms with Crippen LogP contribution in [0.4, 0.5) is 0 Å². The number of aliphatic hydroxyl groups is 1. The molecule has 0 spiro atoms. The lowest BCUT2D eigenvalue weighted by molar-refractivity contribution is -0.126. The number of rotatable bonds is 5. The molecule has 0 aliphatic heterocycles. The number of hydrogen-bond acceptors (Lipinski definition) is 2. The zero-order chi connectivity index (χ0) is 22.6. The maximum atomic E-state index is 12.2. The first-order chi connectivity index (χ1) is 14.6. The Morgan fingerprint density at radius 2 is 1.94 bits per heavy atom. The van der Waals surface area contributed by atoms with Gasteiger partial charge in [0, 0.05) is 11.3 Å². The second kappa shape index (κ2) is 8.47. The summed E-state index contributed by atoms with van der Waals surface area (Å²) in [6.07, 6.45) is 14.0. The molecule has 174 valence electrons. The molecule has 0 heterocycles. The molecule has 0 aromatic rings. The van der Waals surface area contributed by atoms with Gasteiger partial charge in [-0.2, -0.15) is 0 Å². The van der Waals surface area contributed by atoms with Crippen LogP contribution in [0.3, 0.4) is 0 Å². The predicted octanol–water partition coefficient (Wildman–Crippen LogP) is 7.12. The molecule has 0 aromatic carbocycles. The summed E-state index contributed by atoms with van der Waals surface area (Å²) in [4.78, 5) is 12.2. The monoisotopic (exact) mass is 426 g/mol. The molecular weight excluding hydrogens is 380 g/mol. The van der Waals surface area contributed by atoms with E-state index in [2.05, 4.69) is 47.6 Å². The quantitative estimate of drug-likeness (QED) is 0.375. The zero-order valence-electron chi connectivity index (χ0n) is 20.9.